The summed E-state index contributed by atoms with van der Waals surface area (Å²) in [5.41, 5.74) is 2.70. The Kier molecular flexibility index (Phi) is 8.93. The van der Waals surface area contributed by atoms with E-state index < -0.39 is 0 Å². The van der Waals surface area contributed by atoms with Gasteiger partial charge in [0.25, 0.3) is 0 Å². The summed E-state index contributed by atoms with van der Waals surface area (Å²) in [5.74, 6) is 0.500. The lowest BCUT2D eigenvalue weighted by Crippen LogP contribution is -1.90. The highest BCUT2D eigenvalue weighted by atomic mass is 16.3. The van der Waals surface area contributed by atoms with E-state index in [1.807, 2.05) is 49.4 Å². The Labute approximate surface area is 147 Å². The Hall–Kier alpha value is -3.27. The molecule has 128 valence electrons. The van der Waals surface area contributed by atoms with Crippen LogP contribution in [0.5, 0.6) is 0 Å². The molecule has 0 atom stereocenters. The number of aldehydes is 2. The van der Waals surface area contributed by atoms with Gasteiger partial charge in [0.05, 0.1) is 6.26 Å². The van der Waals surface area contributed by atoms with Gasteiger partial charge in [0.15, 0.2) is 17.8 Å². The standard InChI is InChI=1S/C9H10O.C7H6O.C5H4O2/c1-7-3-5-9(6-4-7)8(2)10;8-6-7-4-2-1-3-5-7;6-4-5-2-1-3-7-5/h3-6H,1-2H3;1-6H;1-4H. The maximum atomic E-state index is 10.8. The number of furan rings is 1. The molecule has 0 fully saturated rings. The van der Waals surface area contributed by atoms with Crippen LogP contribution in [0.25, 0.3) is 0 Å². The van der Waals surface area contributed by atoms with E-state index in [1.54, 1.807) is 31.2 Å². The number of carbonyl (C=O) groups is 3. The highest BCUT2D eigenvalue weighted by molar-refractivity contribution is 5.93. The predicted molar refractivity (Wildman–Crippen MR) is 97.1 cm³/mol. The average Bonchev–Trinajstić information content (AvgIpc) is 3.18. The van der Waals surface area contributed by atoms with Crippen LogP contribution in [0.3, 0.4) is 0 Å². The Morgan fingerprint density at radius 1 is 0.840 bits per heavy atom. The van der Waals surface area contributed by atoms with E-state index in [0.29, 0.717) is 12.0 Å². The first-order valence-electron chi connectivity index (χ1n) is 7.63. The van der Waals surface area contributed by atoms with Gasteiger partial charge < -0.3 is 4.42 Å². The van der Waals surface area contributed by atoms with Crippen LogP contribution in [-0.2, 0) is 0 Å². The molecule has 0 aliphatic heterocycles. The molecule has 0 bridgehead atoms. The van der Waals surface area contributed by atoms with E-state index >= 15 is 0 Å². The highest BCUT2D eigenvalue weighted by Gasteiger charge is 1.95. The summed E-state index contributed by atoms with van der Waals surface area (Å²) in [5, 5.41) is 0. The van der Waals surface area contributed by atoms with Crippen molar-refractivity contribution in [3.63, 3.8) is 0 Å². The topological polar surface area (TPSA) is 64.3 Å². The largest absolute Gasteiger partial charge is 0.462 e. The number of rotatable bonds is 3. The van der Waals surface area contributed by atoms with E-state index in [0.717, 1.165) is 17.4 Å². The number of hydrogen-bond donors (Lipinski definition) is 0. The molecule has 0 aliphatic rings. The quantitative estimate of drug-likeness (QED) is 0.509. The zero-order valence-corrected chi connectivity index (χ0v) is 14.2. The van der Waals surface area contributed by atoms with Crippen molar-refractivity contribution >= 4 is 18.4 Å². The van der Waals surface area contributed by atoms with Crippen LogP contribution in [0.2, 0.25) is 0 Å². The lowest BCUT2D eigenvalue weighted by Gasteiger charge is -1.93. The van der Waals surface area contributed by atoms with Crippen LogP contribution >= 0.6 is 0 Å². The molecule has 2 aromatic carbocycles. The van der Waals surface area contributed by atoms with E-state index in [-0.39, 0.29) is 5.78 Å². The second kappa shape index (κ2) is 11.3. The minimum Gasteiger partial charge on any atom is -0.462 e. The van der Waals surface area contributed by atoms with Crippen molar-refractivity contribution in [2.45, 2.75) is 13.8 Å². The third kappa shape index (κ3) is 8.23. The van der Waals surface area contributed by atoms with Gasteiger partial charge in [-0.25, -0.2) is 0 Å². The third-order valence-electron chi connectivity index (χ3n) is 3.05. The van der Waals surface area contributed by atoms with Gasteiger partial charge in [-0.2, -0.15) is 0 Å². The summed E-state index contributed by atoms with van der Waals surface area (Å²) >= 11 is 0. The molecule has 0 unspecified atom stereocenters. The minimum atomic E-state index is 0.125. The van der Waals surface area contributed by atoms with Crippen molar-refractivity contribution in [1.29, 1.82) is 0 Å². The van der Waals surface area contributed by atoms with E-state index in [4.69, 9.17) is 0 Å². The summed E-state index contributed by atoms with van der Waals surface area (Å²) in [6.07, 6.45) is 2.96. The van der Waals surface area contributed by atoms with Gasteiger partial charge in [0.2, 0.25) is 0 Å². The van der Waals surface area contributed by atoms with Crippen LogP contribution < -0.4 is 0 Å². The first kappa shape index (κ1) is 19.8. The van der Waals surface area contributed by atoms with Crippen LogP contribution in [0.4, 0.5) is 0 Å². The summed E-state index contributed by atoms with van der Waals surface area (Å²) in [7, 11) is 0. The maximum absolute atomic E-state index is 10.8. The second-order valence-electron chi connectivity index (χ2n) is 5.08. The van der Waals surface area contributed by atoms with E-state index in [2.05, 4.69) is 4.42 Å². The van der Waals surface area contributed by atoms with E-state index in [1.165, 1.54) is 11.8 Å². The van der Waals surface area contributed by atoms with Crippen molar-refractivity contribution in [3.8, 4) is 0 Å². The third-order valence-corrected chi connectivity index (χ3v) is 3.05. The zero-order valence-electron chi connectivity index (χ0n) is 14.2. The zero-order chi connectivity index (χ0) is 18.5. The molecule has 25 heavy (non-hydrogen) atoms. The predicted octanol–water partition coefficient (Wildman–Crippen LogP) is 4.79. The number of Topliss-reactive ketones (excluding diaryl/α,β-unsaturated/α-hetero) is 1. The van der Waals surface area contributed by atoms with Crippen LogP contribution in [-0.4, -0.2) is 18.4 Å². The van der Waals surface area contributed by atoms with Crippen LogP contribution in [0.1, 0.15) is 43.8 Å². The average molecular weight is 336 g/mol. The van der Waals surface area contributed by atoms with Gasteiger partial charge in [-0.15, -0.1) is 0 Å². The number of hydrogen-bond acceptors (Lipinski definition) is 4. The molecule has 0 radical (unpaired) electrons. The second-order valence-corrected chi connectivity index (χ2v) is 5.08. The molecule has 0 amide bonds. The normalized spacial score (nSPS) is 8.88. The molecule has 1 heterocycles. The smallest absolute Gasteiger partial charge is 0.185 e. The fraction of sp³-hybridized carbons (Fsp3) is 0.0952. The molecule has 3 rings (SSSR count). The number of carbonyl (C=O) groups excluding carboxylic acids is 3. The minimum absolute atomic E-state index is 0.125. The van der Waals surface area contributed by atoms with Crippen LogP contribution in [0, 0.1) is 6.92 Å². The van der Waals surface area contributed by atoms with Gasteiger partial charge in [0.1, 0.15) is 6.29 Å². The molecule has 0 spiro atoms. The molecule has 3 aromatic rings. The van der Waals surface area contributed by atoms with Gasteiger partial charge in [0, 0.05) is 11.1 Å². The summed E-state index contributed by atoms with van der Waals surface area (Å²) in [6.45, 7) is 3.58. The van der Waals surface area contributed by atoms with Crippen molar-refractivity contribution in [2.24, 2.45) is 0 Å². The van der Waals surface area contributed by atoms with Crippen molar-refractivity contribution in [3.05, 3.63) is 95.4 Å². The number of aryl methyl sites for hydroxylation is 1. The maximum Gasteiger partial charge on any atom is 0.185 e. The molecule has 1 aromatic heterocycles. The lowest BCUT2D eigenvalue weighted by atomic mass is 10.1. The summed E-state index contributed by atoms with van der Waals surface area (Å²) in [6, 6.07) is 19.9. The summed E-state index contributed by atoms with van der Waals surface area (Å²) < 4.78 is 4.61. The Balaban J connectivity index is 0.000000191. The monoisotopic (exact) mass is 336 g/mol. The molecule has 4 nitrogen and oxygen atoms in total. The first-order valence-corrected chi connectivity index (χ1v) is 7.63. The number of ketones is 1. The van der Waals surface area contributed by atoms with Gasteiger partial charge in [-0.05, 0) is 26.0 Å². The van der Waals surface area contributed by atoms with Crippen molar-refractivity contribution in [2.75, 3.05) is 0 Å². The highest BCUT2D eigenvalue weighted by Crippen LogP contribution is 2.02. The number of benzene rings is 2. The molecule has 4 heteroatoms. The molecule has 0 aliphatic carbocycles. The lowest BCUT2D eigenvalue weighted by molar-refractivity contribution is 0.101. The molecule has 0 saturated heterocycles. The SMILES string of the molecule is CC(=O)c1ccc(C)cc1.O=Cc1ccccc1.O=Cc1ccco1. The van der Waals surface area contributed by atoms with Gasteiger partial charge >= 0.3 is 0 Å². The van der Waals surface area contributed by atoms with Crippen LogP contribution in [0.15, 0.2) is 77.4 Å². The summed E-state index contributed by atoms with van der Waals surface area (Å²) in [4.78, 5) is 30.5. The Morgan fingerprint density at radius 2 is 1.48 bits per heavy atom. The Morgan fingerprint density at radius 3 is 1.84 bits per heavy atom. The molecule has 0 N–H and O–H groups in total. The van der Waals surface area contributed by atoms with Gasteiger partial charge in [-0.3, -0.25) is 14.4 Å². The fourth-order valence-corrected chi connectivity index (χ4v) is 1.68. The molecule has 0 saturated carbocycles. The van der Waals surface area contributed by atoms with Crippen molar-refractivity contribution < 1.29 is 18.8 Å². The van der Waals surface area contributed by atoms with Gasteiger partial charge in [-0.1, -0.05) is 60.2 Å². The first-order chi connectivity index (χ1) is 12.1. The fourth-order valence-electron chi connectivity index (χ4n) is 1.68. The van der Waals surface area contributed by atoms with E-state index in [9.17, 15) is 14.4 Å². The Bertz CT molecular complexity index is 757. The molecular formula is C21H20O4. The molecular weight excluding hydrogens is 316 g/mol. The van der Waals surface area contributed by atoms with Crippen molar-refractivity contribution in [1.82, 2.24) is 0 Å².